The van der Waals surface area contributed by atoms with Crippen LogP contribution in [-0.4, -0.2) is 23.1 Å². The van der Waals surface area contributed by atoms with Gasteiger partial charge in [-0.15, -0.1) is 0 Å². The summed E-state index contributed by atoms with van der Waals surface area (Å²) >= 11 is 0. The van der Waals surface area contributed by atoms with Crippen LogP contribution in [0.4, 0.5) is 0 Å². The number of aromatic nitrogens is 1. The highest BCUT2D eigenvalue weighted by molar-refractivity contribution is 5.76. The zero-order valence-corrected chi connectivity index (χ0v) is 8.44. The zero-order valence-electron chi connectivity index (χ0n) is 8.44. The summed E-state index contributed by atoms with van der Waals surface area (Å²) in [4.78, 5) is 11.2. The third-order valence-electron chi connectivity index (χ3n) is 1.87. The van der Waals surface area contributed by atoms with Crippen LogP contribution in [0.15, 0.2) is 24.5 Å². The standard InChI is InChI=1S/C10H17N3O/c1-9(11)8-10(14)12-4-7-13-5-2-3-6-13/h2-3,5-6,9H,4,7-8,11H2,1H3,(H,12,14). The number of carbonyl (C=O) groups is 1. The molecule has 14 heavy (non-hydrogen) atoms. The minimum atomic E-state index is -0.0680. The second kappa shape index (κ2) is 5.44. The lowest BCUT2D eigenvalue weighted by Gasteiger charge is -2.07. The van der Waals surface area contributed by atoms with Crippen LogP contribution in [0.3, 0.4) is 0 Å². The van der Waals surface area contributed by atoms with Gasteiger partial charge in [-0.3, -0.25) is 4.79 Å². The van der Waals surface area contributed by atoms with Gasteiger partial charge in [0.1, 0.15) is 0 Å². The highest BCUT2D eigenvalue weighted by atomic mass is 16.1. The summed E-state index contributed by atoms with van der Waals surface area (Å²) in [5.74, 6) is 0.0205. The molecule has 0 fully saturated rings. The quantitative estimate of drug-likeness (QED) is 0.712. The van der Waals surface area contributed by atoms with E-state index < -0.39 is 0 Å². The average molecular weight is 195 g/mol. The Morgan fingerprint density at radius 2 is 2.14 bits per heavy atom. The van der Waals surface area contributed by atoms with E-state index in [1.807, 2.05) is 36.0 Å². The fourth-order valence-corrected chi connectivity index (χ4v) is 1.21. The number of amides is 1. The minimum absolute atomic E-state index is 0.0205. The van der Waals surface area contributed by atoms with E-state index in [0.717, 1.165) is 6.54 Å². The van der Waals surface area contributed by atoms with Crippen molar-refractivity contribution in [3.63, 3.8) is 0 Å². The summed E-state index contributed by atoms with van der Waals surface area (Å²) in [5, 5.41) is 2.81. The number of nitrogens with zero attached hydrogens (tertiary/aromatic N) is 1. The first-order chi connectivity index (χ1) is 6.68. The molecule has 0 aromatic carbocycles. The van der Waals surface area contributed by atoms with Crippen LogP contribution >= 0.6 is 0 Å². The van der Waals surface area contributed by atoms with E-state index in [2.05, 4.69) is 5.32 Å². The Morgan fingerprint density at radius 3 is 2.71 bits per heavy atom. The molecule has 4 nitrogen and oxygen atoms in total. The Bertz CT molecular complexity index is 267. The maximum Gasteiger partial charge on any atom is 0.221 e. The van der Waals surface area contributed by atoms with Crippen LogP contribution in [0.25, 0.3) is 0 Å². The molecule has 1 aromatic heterocycles. The SMILES string of the molecule is CC(N)CC(=O)NCCn1cccc1. The third-order valence-corrected chi connectivity index (χ3v) is 1.87. The lowest BCUT2D eigenvalue weighted by Crippen LogP contribution is -2.31. The number of carbonyl (C=O) groups excluding carboxylic acids is 1. The van der Waals surface area contributed by atoms with Gasteiger partial charge in [0, 0.05) is 37.9 Å². The average Bonchev–Trinajstić information content (AvgIpc) is 2.55. The summed E-state index contributed by atoms with van der Waals surface area (Å²) in [7, 11) is 0. The van der Waals surface area contributed by atoms with Crippen molar-refractivity contribution in [2.75, 3.05) is 6.54 Å². The minimum Gasteiger partial charge on any atom is -0.354 e. The normalized spacial score (nSPS) is 12.4. The van der Waals surface area contributed by atoms with Crippen LogP contribution in [0.2, 0.25) is 0 Å². The van der Waals surface area contributed by atoms with Crippen LogP contribution < -0.4 is 11.1 Å². The van der Waals surface area contributed by atoms with Gasteiger partial charge >= 0.3 is 0 Å². The second-order valence-electron chi connectivity index (χ2n) is 3.45. The zero-order chi connectivity index (χ0) is 10.4. The molecule has 1 rings (SSSR count). The van der Waals surface area contributed by atoms with Gasteiger partial charge in [0.25, 0.3) is 0 Å². The first-order valence-corrected chi connectivity index (χ1v) is 4.81. The molecule has 1 aromatic rings. The summed E-state index contributed by atoms with van der Waals surface area (Å²) in [6.07, 6.45) is 4.33. The number of hydrogen-bond acceptors (Lipinski definition) is 2. The summed E-state index contributed by atoms with van der Waals surface area (Å²) < 4.78 is 2.02. The topological polar surface area (TPSA) is 60.1 Å². The number of nitrogens with two attached hydrogens (primary N) is 1. The van der Waals surface area contributed by atoms with Gasteiger partial charge in [0.15, 0.2) is 0 Å². The molecule has 78 valence electrons. The summed E-state index contributed by atoms with van der Waals surface area (Å²) in [5.41, 5.74) is 5.49. The fraction of sp³-hybridized carbons (Fsp3) is 0.500. The third kappa shape index (κ3) is 4.09. The molecule has 1 unspecified atom stereocenters. The molecule has 4 heteroatoms. The van der Waals surface area contributed by atoms with Crippen molar-refractivity contribution in [1.82, 2.24) is 9.88 Å². The van der Waals surface area contributed by atoms with E-state index in [1.165, 1.54) is 0 Å². The van der Waals surface area contributed by atoms with E-state index in [9.17, 15) is 4.79 Å². The maximum atomic E-state index is 11.2. The Balaban J connectivity index is 2.12. The van der Waals surface area contributed by atoms with E-state index in [1.54, 1.807) is 0 Å². The highest BCUT2D eigenvalue weighted by Crippen LogP contribution is 1.89. The molecule has 0 saturated carbocycles. The van der Waals surface area contributed by atoms with Crippen LogP contribution in [0, 0.1) is 0 Å². The van der Waals surface area contributed by atoms with Crippen molar-refractivity contribution in [2.24, 2.45) is 5.73 Å². The largest absolute Gasteiger partial charge is 0.354 e. The monoisotopic (exact) mass is 195 g/mol. The van der Waals surface area contributed by atoms with Gasteiger partial charge in [-0.1, -0.05) is 0 Å². The second-order valence-corrected chi connectivity index (χ2v) is 3.45. The van der Waals surface area contributed by atoms with E-state index in [0.29, 0.717) is 13.0 Å². The lowest BCUT2D eigenvalue weighted by atomic mass is 10.2. The van der Waals surface area contributed by atoms with Gasteiger partial charge in [-0.25, -0.2) is 0 Å². The summed E-state index contributed by atoms with van der Waals surface area (Å²) in [6.45, 7) is 3.28. The molecule has 3 N–H and O–H groups in total. The van der Waals surface area contributed by atoms with Crippen LogP contribution in [0.5, 0.6) is 0 Å². The first-order valence-electron chi connectivity index (χ1n) is 4.81. The molecule has 0 aliphatic heterocycles. The predicted octanol–water partition coefficient (Wildman–Crippen LogP) is 0.342. The van der Waals surface area contributed by atoms with E-state index in [4.69, 9.17) is 5.73 Å². The van der Waals surface area contributed by atoms with Crippen molar-refractivity contribution in [3.8, 4) is 0 Å². The molecular weight excluding hydrogens is 178 g/mol. The van der Waals surface area contributed by atoms with Gasteiger partial charge < -0.3 is 15.6 Å². The molecule has 0 aliphatic rings. The predicted molar refractivity (Wildman–Crippen MR) is 55.7 cm³/mol. The smallest absolute Gasteiger partial charge is 0.221 e. The highest BCUT2D eigenvalue weighted by Gasteiger charge is 2.03. The Kier molecular flexibility index (Phi) is 4.19. The Morgan fingerprint density at radius 1 is 1.50 bits per heavy atom. The molecule has 1 heterocycles. The van der Waals surface area contributed by atoms with Crippen LogP contribution in [-0.2, 0) is 11.3 Å². The molecular formula is C10H17N3O. The van der Waals surface area contributed by atoms with E-state index in [-0.39, 0.29) is 11.9 Å². The van der Waals surface area contributed by atoms with Crippen molar-refractivity contribution >= 4 is 5.91 Å². The number of nitrogens with one attached hydrogen (secondary N) is 1. The van der Waals surface area contributed by atoms with Crippen molar-refractivity contribution in [3.05, 3.63) is 24.5 Å². The van der Waals surface area contributed by atoms with Crippen molar-refractivity contribution in [2.45, 2.75) is 25.9 Å². The van der Waals surface area contributed by atoms with Gasteiger partial charge in [0.05, 0.1) is 0 Å². The maximum absolute atomic E-state index is 11.2. The van der Waals surface area contributed by atoms with Crippen molar-refractivity contribution < 1.29 is 4.79 Å². The first kappa shape index (κ1) is 10.8. The van der Waals surface area contributed by atoms with Gasteiger partial charge in [-0.05, 0) is 19.1 Å². The van der Waals surface area contributed by atoms with Crippen molar-refractivity contribution in [1.29, 1.82) is 0 Å². The van der Waals surface area contributed by atoms with Gasteiger partial charge in [0.2, 0.25) is 5.91 Å². The molecule has 0 bridgehead atoms. The molecule has 0 spiro atoms. The fourth-order valence-electron chi connectivity index (χ4n) is 1.21. The molecule has 1 amide bonds. The Labute approximate surface area is 84.1 Å². The molecule has 0 saturated heterocycles. The number of rotatable bonds is 5. The Hall–Kier alpha value is -1.29. The molecule has 0 aliphatic carbocycles. The number of hydrogen-bond donors (Lipinski definition) is 2. The van der Waals surface area contributed by atoms with Crippen LogP contribution in [0.1, 0.15) is 13.3 Å². The van der Waals surface area contributed by atoms with Gasteiger partial charge in [-0.2, -0.15) is 0 Å². The lowest BCUT2D eigenvalue weighted by molar-refractivity contribution is -0.121. The summed E-state index contributed by atoms with van der Waals surface area (Å²) in [6, 6.07) is 3.86. The molecule has 0 radical (unpaired) electrons. The van der Waals surface area contributed by atoms with E-state index >= 15 is 0 Å². The molecule has 1 atom stereocenters.